The van der Waals surface area contributed by atoms with Crippen molar-refractivity contribution < 1.29 is 19.1 Å². The van der Waals surface area contributed by atoms with Crippen LogP contribution in [-0.4, -0.2) is 59.4 Å². The van der Waals surface area contributed by atoms with Gasteiger partial charge in [-0.05, 0) is 104 Å². The van der Waals surface area contributed by atoms with Crippen molar-refractivity contribution in [1.82, 2.24) is 25.3 Å². The van der Waals surface area contributed by atoms with Crippen molar-refractivity contribution in [2.24, 2.45) is 5.92 Å². The highest BCUT2D eigenvalue weighted by molar-refractivity contribution is 5.92. The second kappa shape index (κ2) is 13.2. The number of nitrogens with zero attached hydrogens (tertiary/aromatic N) is 3. The Morgan fingerprint density at radius 3 is 2.66 bits per heavy atom. The van der Waals surface area contributed by atoms with Crippen molar-refractivity contribution in [2.75, 3.05) is 26.8 Å². The molecule has 1 amide bonds. The van der Waals surface area contributed by atoms with Gasteiger partial charge in [0.25, 0.3) is 0 Å². The molecular formula is C38H43N5O4. The number of benzene rings is 2. The third-order valence-corrected chi connectivity index (χ3v) is 9.72. The molecule has 2 N–H and O–H groups in total. The number of carbonyl (C=O) groups excluding carboxylic acids is 2. The summed E-state index contributed by atoms with van der Waals surface area (Å²) < 4.78 is 12.5. The summed E-state index contributed by atoms with van der Waals surface area (Å²) in [6.45, 7) is 6.07. The van der Waals surface area contributed by atoms with E-state index in [0.717, 1.165) is 74.2 Å². The van der Waals surface area contributed by atoms with Crippen LogP contribution in [0, 0.1) is 5.92 Å². The summed E-state index contributed by atoms with van der Waals surface area (Å²) in [5.74, 6) is 1.13. The number of carbonyl (C=O) groups is 2. The van der Waals surface area contributed by atoms with Crippen LogP contribution in [0.1, 0.15) is 73.5 Å². The number of hydrogen-bond donors (Lipinski definition) is 2. The van der Waals surface area contributed by atoms with E-state index in [4.69, 9.17) is 9.47 Å². The van der Waals surface area contributed by atoms with Gasteiger partial charge in [0.15, 0.2) is 0 Å². The van der Waals surface area contributed by atoms with E-state index in [0.29, 0.717) is 5.88 Å². The molecule has 1 fully saturated rings. The molecule has 7 rings (SSSR count). The first-order chi connectivity index (χ1) is 23.0. The summed E-state index contributed by atoms with van der Waals surface area (Å²) in [5.41, 5.74) is 8.44. The molecule has 244 valence electrons. The van der Waals surface area contributed by atoms with Crippen LogP contribution in [0.25, 0.3) is 16.8 Å². The van der Waals surface area contributed by atoms with Gasteiger partial charge in [0.1, 0.15) is 11.4 Å². The predicted octanol–water partition coefficient (Wildman–Crippen LogP) is 6.02. The summed E-state index contributed by atoms with van der Waals surface area (Å²) in [6.07, 6.45) is 13.8. The third kappa shape index (κ3) is 5.89. The Morgan fingerprint density at radius 2 is 1.91 bits per heavy atom. The Morgan fingerprint density at radius 1 is 1.06 bits per heavy atom. The molecule has 2 aromatic carbocycles. The average Bonchev–Trinajstić information content (AvgIpc) is 3.75. The van der Waals surface area contributed by atoms with Gasteiger partial charge in [-0.3, -0.25) is 9.69 Å². The highest BCUT2D eigenvalue weighted by Crippen LogP contribution is 2.42. The molecule has 0 spiro atoms. The van der Waals surface area contributed by atoms with Crippen LogP contribution in [0.15, 0.2) is 83.9 Å². The number of fused-ring (bicyclic) bond motifs is 1. The van der Waals surface area contributed by atoms with Gasteiger partial charge >= 0.3 is 5.97 Å². The van der Waals surface area contributed by atoms with Crippen molar-refractivity contribution in [3.05, 3.63) is 101 Å². The second-order valence-electron chi connectivity index (χ2n) is 12.6. The number of nitrogens with one attached hydrogen (secondary N) is 2. The van der Waals surface area contributed by atoms with Crippen molar-refractivity contribution in [1.29, 1.82) is 0 Å². The van der Waals surface area contributed by atoms with Crippen LogP contribution in [0.3, 0.4) is 0 Å². The SMILES string of the molecule is CCOC(=O)c1cnn(-c2cccc(-c3cccc4c3C(NC3=CC=C(C5=CCNCC5)C(CC)N3C(=O)C3CC3)CC4)c2)c1OC. The standard InChI is InChI=1S/C38H43N5O4/c1-4-33-29(24-18-20-39-21-19-24)15-17-34(42(33)36(44)26-12-13-26)41-32-16-14-25-8-7-11-30(35(25)32)27-9-6-10-28(22-27)43-37(46-3)31(23-40-43)38(45)47-5-2/h6-11,15,17-18,22-23,26,32-33,39,41H,4-5,12-14,16,19-21H2,1-3H3. The van der Waals surface area contributed by atoms with Crippen molar-refractivity contribution in [3.63, 3.8) is 0 Å². The van der Waals surface area contributed by atoms with Gasteiger partial charge in [-0.25, -0.2) is 9.48 Å². The zero-order valence-electron chi connectivity index (χ0n) is 27.4. The van der Waals surface area contributed by atoms with E-state index < -0.39 is 5.97 Å². The summed E-state index contributed by atoms with van der Waals surface area (Å²) in [7, 11) is 1.53. The monoisotopic (exact) mass is 633 g/mol. The van der Waals surface area contributed by atoms with E-state index in [-0.39, 0.29) is 36.1 Å². The highest BCUT2D eigenvalue weighted by Gasteiger charge is 2.41. The Hall–Kier alpha value is -4.63. The molecule has 2 aliphatic heterocycles. The minimum absolute atomic E-state index is 0.0244. The zero-order valence-corrected chi connectivity index (χ0v) is 27.4. The maximum atomic E-state index is 13.9. The quantitative estimate of drug-likeness (QED) is 0.264. The number of ether oxygens (including phenoxy) is 2. The number of aryl methyl sites for hydroxylation is 1. The van der Waals surface area contributed by atoms with Gasteiger partial charge in [0, 0.05) is 12.5 Å². The molecule has 1 aromatic heterocycles. The molecule has 1 saturated carbocycles. The zero-order chi connectivity index (χ0) is 32.5. The normalized spacial score (nSPS) is 20.6. The summed E-state index contributed by atoms with van der Waals surface area (Å²) in [4.78, 5) is 28.5. The largest absolute Gasteiger partial charge is 0.480 e. The minimum atomic E-state index is -0.465. The molecule has 0 radical (unpaired) electrons. The lowest BCUT2D eigenvalue weighted by Gasteiger charge is -2.40. The first-order valence-corrected chi connectivity index (χ1v) is 17.0. The van der Waals surface area contributed by atoms with Gasteiger partial charge in [-0.15, -0.1) is 0 Å². The Bertz CT molecular complexity index is 1780. The molecule has 3 aromatic rings. The van der Waals surface area contributed by atoms with Crippen molar-refractivity contribution in [2.45, 2.75) is 64.5 Å². The van der Waals surface area contributed by atoms with Gasteiger partial charge in [0.05, 0.1) is 37.7 Å². The van der Waals surface area contributed by atoms with Crippen LogP contribution < -0.4 is 15.4 Å². The van der Waals surface area contributed by atoms with E-state index >= 15 is 0 Å². The second-order valence-corrected chi connectivity index (χ2v) is 12.6. The maximum absolute atomic E-state index is 13.9. The summed E-state index contributed by atoms with van der Waals surface area (Å²) in [5, 5.41) is 11.8. The van der Waals surface area contributed by atoms with Crippen LogP contribution in [0.4, 0.5) is 0 Å². The fraction of sp³-hybridized carbons (Fsp3) is 0.395. The number of hydrogen-bond acceptors (Lipinski definition) is 7. The molecule has 3 heterocycles. The first-order valence-electron chi connectivity index (χ1n) is 17.0. The fourth-order valence-electron chi connectivity index (χ4n) is 7.33. The number of aromatic nitrogens is 2. The molecule has 0 saturated heterocycles. The third-order valence-electron chi connectivity index (χ3n) is 9.72. The van der Waals surface area contributed by atoms with E-state index in [1.165, 1.54) is 35.6 Å². The smallest absolute Gasteiger partial charge is 0.345 e. The van der Waals surface area contributed by atoms with Gasteiger partial charge < -0.3 is 20.1 Å². The van der Waals surface area contributed by atoms with E-state index in [1.807, 2.05) is 12.1 Å². The molecule has 47 heavy (non-hydrogen) atoms. The van der Waals surface area contributed by atoms with E-state index in [9.17, 15) is 9.59 Å². The molecule has 2 unspecified atom stereocenters. The number of amides is 1. The van der Waals surface area contributed by atoms with Gasteiger partial charge in [0.2, 0.25) is 11.8 Å². The minimum Gasteiger partial charge on any atom is -0.480 e. The predicted molar refractivity (Wildman–Crippen MR) is 181 cm³/mol. The molecule has 2 aliphatic carbocycles. The van der Waals surface area contributed by atoms with Crippen LogP contribution in [0.5, 0.6) is 5.88 Å². The molecule has 9 nitrogen and oxygen atoms in total. The highest BCUT2D eigenvalue weighted by atomic mass is 16.5. The van der Waals surface area contributed by atoms with E-state index in [2.05, 4.69) is 76.1 Å². The summed E-state index contributed by atoms with van der Waals surface area (Å²) >= 11 is 0. The number of esters is 1. The van der Waals surface area contributed by atoms with Crippen molar-refractivity contribution >= 4 is 11.9 Å². The number of methoxy groups -OCH3 is 1. The molecule has 4 aliphatic rings. The van der Waals surface area contributed by atoms with Crippen LogP contribution in [-0.2, 0) is 16.0 Å². The molecule has 0 bridgehead atoms. The molecule has 2 atom stereocenters. The molecule has 9 heteroatoms. The Labute approximate surface area is 276 Å². The Balaban J connectivity index is 1.23. The van der Waals surface area contributed by atoms with Gasteiger partial charge in [-0.2, -0.15) is 5.10 Å². The van der Waals surface area contributed by atoms with E-state index in [1.54, 1.807) is 11.6 Å². The molecular weight excluding hydrogens is 590 g/mol. The lowest BCUT2D eigenvalue weighted by atomic mass is 9.89. The number of rotatable bonds is 10. The average molecular weight is 634 g/mol. The summed E-state index contributed by atoms with van der Waals surface area (Å²) in [6, 6.07) is 14.7. The fourth-order valence-corrected chi connectivity index (χ4v) is 7.33. The maximum Gasteiger partial charge on any atom is 0.345 e. The topological polar surface area (TPSA) is 97.7 Å². The number of allylic oxidation sites excluding steroid dienone is 2. The van der Waals surface area contributed by atoms with Crippen molar-refractivity contribution in [3.8, 4) is 22.7 Å². The first kappa shape index (κ1) is 31.0. The lowest BCUT2D eigenvalue weighted by Crippen LogP contribution is -2.47. The lowest BCUT2D eigenvalue weighted by molar-refractivity contribution is -0.132. The Kier molecular flexibility index (Phi) is 8.73. The van der Waals surface area contributed by atoms with Crippen LogP contribution >= 0.6 is 0 Å². The van der Waals surface area contributed by atoms with Gasteiger partial charge in [-0.1, -0.05) is 49.4 Å². The van der Waals surface area contributed by atoms with Crippen LogP contribution in [0.2, 0.25) is 0 Å².